The van der Waals surface area contributed by atoms with E-state index in [2.05, 4.69) is 37.8 Å². The monoisotopic (exact) mass is 508 g/mol. The molecule has 0 aromatic rings. The number of aliphatic imine (C=N–C) groups is 1. The van der Waals surface area contributed by atoms with Gasteiger partial charge in [0, 0.05) is 24.7 Å². The van der Waals surface area contributed by atoms with Crippen LogP contribution < -0.4 is 16.0 Å². The van der Waals surface area contributed by atoms with Crippen LogP contribution in [-0.2, 0) is 4.79 Å². The van der Waals surface area contributed by atoms with Gasteiger partial charge in [-0.05, 0) is 79.7 Å². The van der Waals surface area contributed by atoms with Crippen molar-refractivity contribution in [2.45, 2.75) is 64.0 Å². The Morgan fingerprint density at radius 3 is 2.18 bits per heavy atom. The molecule has 0 aromatic heterocycles. The van der Waals surface area contributed by atoms with Crippen molar-refractivity contribution in [2.75, 3.05) is 53.4 Å². The van der Waals surface area contributed by atoms with Gasteiger partial charge in [0.25, 0.3) is 0 Å². The van der Waals surface area contributed by atoms with Gasteiger partial charge in [0.2, 0.25) is 5.91 Å². The number of piperidine rings is 2. The Morgan fingerprint density at radius 1 is 1.04 bits per heavy atom. The number of carbonyl (C=O) groups is 1. The predicted molar refractivity (Wildman–Crippen MR) is 128 cm³/mol. The summed E-state index contributed by atoms with van der Waals surface area (Å²) in [7, 11) is 3.97. The normalized spacial score (nSPS) is 21.5. The van der Waals surface area contributed by atoms with Gasteiger partial charge >= 0.3 is 0 Å². The van der Waals surface area contributed by atoms with Crippen LogP contribution in [0, 0.1) is 0 Å². The van der Waals surface area contributed by atoms with Crippen LogP contribution in [0.3, 0.4) is 0 Å². The van der Waals surface area contributed by atoms with Crippen LogP contribution >= 0.6 is 24.0 Å². The smallest absolute Gasteiger partial charge is 0.239 e. The fraction of sp³-hybridized carbons (Fsp3) is 0.900. The molecule has 2 aliphatic rings. The Kier molecular flexibility index (Phi) is 10.5. The summed E-state index contributed by atoms with van der Waals surface area (Å²) >= 11 is 0. The van der Waals surface area contributed by atoms with Crippen molar-refractivity contribution in [1.29, 1.82) is 0 Å². The third-order valence-corrected chi connectivity index (χ3v) is 5.68. The van der Waals surface area contributed by atoms with E-state index in [1.807, 2.05) is 20.8 Å². The highest BCUT2D eigenvalue weighted by molar-refractivity contribution is 14.0. The van der Waals surface area contributed by atoms with Crippen LogP contribution in [-0.4, -0.2) is 86.1 Å². The number of hydrogen-bond acceptors (Lipinski definition) is 4. The molecule has 164 valence electrons. The lowest BCUT2D eigenvalue weighted by Gasteiger charge is -2.50. The second kappa shape index (κ2) is 11.5. The van der Waals surface area contributed by atoms with Gasteiger partial charge in [0.05, 0.1) is 6.54 Å². The van der Waals surface area contributed by atoms with Gasteiger partial charge in [-0.3, -0.25) is 14.7 Å². The average Bonchev–Trinajstić information content (AvgIpc) is 2.63. The van der Waals surface area contributed by atoms with Crippen LogP contribution in [0.2, 0.25) is 0 Å². The van der Waals surface area contributed by atoms with E-state index in [1.165, 1.54) is 45.2 Å². The van der Waals surface area contributed by atoms with Crippen LogP contribution in [0.25, 0.3) is 0 Å². The van der Waals surface area contributed by atoms with Crippen molar-refractivity contribution in [3.63, 3.8) is 0 Å². The van der Waals surface area contributed by atoms with E-state index in [0.29, 0.717) is 5.96 Å². The van der Waals surface area contributed by atoms with Gasteiger partial charge in [-0.25, -0.2) is 0 Å². The van der Waals surface area contributed by atoms with E-state index >= 15 is 0 Å². The molecule has 7 nitrogen and oxygen atoms in total. The first-order valence-corrected chi connectivity index (χ1v) is 10.4. The number of likely N-dealkylation sites (tertiary alicyclic amines) is 2. The number of carbonyl (C=O) groups excluding carboxylic acids is 1. The molecule has 8 heteroatoms. The Morgan fingerprint density at radius 2 is 1.64 bits per heavy atom. The molecule has 2 rings (SSSR count). The van der Waals surface area contributed by atoms with Crippen LogP contribution in [0.1, 0.15) is 52.9 Å². The van der Waals surface area contributed by atoms with Gasteiger partial charge in [-0.2, -0.15) is 0 Å². The van der Waals surface area contributed by atoms with Crippen molar-refractivity contribution < 1.29 is 4.79 Å². The van der Waals surface area contributed by atoms with Gasteiger partial charge in [-0.15, -0.1) is 24.0 Å². The molecule has 3 N–H and O–H groups in total. The minimum atomic E-state index is -0.220. The summed E-state index contributed by atoms with van der Waals surface area (Å²) in [5, 5.41) is 9.64. The molecule has 2 heterocycles. The number of hydrogen-bond donors (Lipinski definition) is 3. The summed E-state index contributed by atoms with van der Waals surface area (Å²) in [4.78, 5) is 21.5. The van der Waals surface area contributed by atoms with E-state index < -0.39 is 0 Å². The maximum atomic E-state index is 12.1. The zero-order chi connectivity index (χ0) is 19.9. The molecule has 2 fully saturated rings. The maximum Gasteiger partial charge on any atom is 0.239 e. The van der Waals surface area contributed by atoms with Crippen molar-refractivity contribution in [2.24, 2.45) is 4.99 Å². The Balaban J connectivity index is 0.00000392. The van der Waals surface area contributed by atoms with Gasteiger partial charge in [0.1, 0.15) is 0 Å². The molecule has 28 heavy (non-hydrogen) atoms. The highest BCUT2D eigenvalue weighted by atomic mass is 127. The molecular weight excluding hydrogens is 467 g/mol. The maximum absolute atomic E-state index is 12.1. The Bertz CT molecular complexity index is 505. The Labute approximate surface area is 188 Å². The van der Waals surface area contributed by atoms with Gasteiger partial charge < -0.3 is 20.9 Å². The molecule has 1 amide bonds. The standard InChI is InChI=1S/C20H40N6O.HI/c1-19(2,3)24-17(27)15-22-18(21-4)23-16-20(9-13-25(5)14-10-20)26-11-7-6-8-12-26;/h6-16H2,1-5H3,(H,24,27)(H2,21,22,23);1H. The molecule has 0 spiro atoms. The summed E-state index contributed by atoms with van der Waals surface area (Å²) in [5.41, 5.74) is -0.0274. The molecule has 2 saturated heterocycles. The van der Waals surface area contributed by atoms with Crippen molar-refractivity contribution >= 4 is 35.8 Å². The quantitative estimate of drug-likeness (QED) is 0.299. The molecule has 0 saturated carbocycles. The zero-order valence-corrected chi connectivity index (χ0v) is 20.8. The molecule has 0 radical (unpaired) electrons. The van der Waals surface area contributed by atoms with Crippen LogP contribution in [0.5, 0.6) is 0 Å². The highest BCUT2D eigenvalue weighted by Gasteiger charge is 2.39. The van der Waals surface area contributed by atoms with Crippen LogP contribution in [0.15, 0.2) is 4.99 Å². The highest BCUT2D eigenvalue weighted by Crippen LogP contribution is 2.30. The lowest BCUT2D eigenvalue weighted by atomic mass is 9.84. The van der Waals surface area contributed by atoms with E-state index in [0.717, 1.165) is 19.6 Å². The van der Waals surface area contributed by atoms with Crippen molar-refractivity contribution in [1.82, 2.24) is 25.8 Å². The van der Waals surface area contributed by atoms with E-state index in [1.54, 1.807) is 7.05 Å². The van der Waals surface area contributed by atoms with E-state index in [9.17, 15) is 4.79 Å². The minimum absolute atomic E-state index is 0. The molecule has 0 bridgehead atoms. The summed E-state index contributed by atoms with van der Waals surface area (Å²) in [6, 6.07) is 0. The summed E-state index contributed by atoms with van der Waals surface area (Å²) < 4.78 is 0. The fourth-order valence-corrected chi connectivity index (χ4v) is 4.10. The summed E-state index contributed by atoms with van der Waals surface area (Å²) in [5.74, 6) is 0.685. The average molecular weight is 508 g/mol. The topological polar surface area (TPSA) is 72.0 Å². The SMILES string of the molecule is CN=C(NCC(=O)NC(C)(C)C)NCC1(N2CCCCC2)CCN(C)CC1.I. The fourth-order valence-electron chi connectivity index (χ4n) is 4.10. The van der Waals surface area contributed by atoms with Crippen molar-refractivity contribution in [3.05, 3.63) is 0 Å². The lowest BCUT2D eigenvalue weighted by Crippen LogP contribution is -2.62. The molecule has 0 aromatic carbocycles. The third kappa shape index (κ3) is 8.02. The number of nitrogens with zero attached hydrogens (tertiary/aromatic N) is 3. The van der Waals surface area contributed by atoms with Gasteiger partial charge in [-0.1, -0.05) is 6.42 Å². The number of nitrogens with one attached hydrogen (secondary N) is 3. The molecule has 0 aliphatic carbocycles. The first-order valence-electron chi connectivity index (χ1n) is 10.4. The number of halogens is 1. The number of guanidine groups is 1. The van der Waals surface area contributed by atoms with E-state index in [-0.39, 0.29) is 47.5 Å². The molecule has 0 atom stereocenters. The second-order valence-corrected chi connectivity index (χ2v) is 9.15. The zero-order valence-electron chi connectivity index (χ0n) is 18.4. The first-order chi connectivity index (χ1) is 12.7. The van der Waals surface area contributed by atoms with Crippen molar-refractivity contribution in [3.8, 4) is 0 Å². The summed E-state index contributed by atoms with van der Waals surface area (Å²) in [6.07, 6.45) is 6.32. The summed E-state index contributed by atoms with van der Waals surface area (Å²) in [6.45, 7) is 11.7. The van der Waals surface area contributed by atoms with Crippen LogP contribution in [0.4, 0.5) is 0 Å². The second-order valence-electron chi connectivity index (χ2n) is 9.15. The predicted octanol–water partition coefficient (Wildman–Crippen LogP) is 1.63. The number of amides is 1. The minimum Gasteiger partial charge on any atom is -0.355 e. The first kappa shape index (κ1) is 25.4. The largest absolute Gasteiger partial charge is 0.355 e. The molecule has 0 unspecified atom stereocenters. The van der Waals surface area contributed by atoms with Gasteiger partial charge in [0.15, 0.2) is 5.96 Å². The molecule has 2 aliphatic heterocycles. The van der Waals surface area contributed by atoms with E-state index in [4.69, 9.17) is 0 Å². The Hall–Kier alpha value is -0.610. The molecular formula is C20H41IN6O. The third-order valence-electron chi connectivity index (χ3n) is 5.68. The lowest BCUT2D eigenvalue weighted by molar-refractivity contribution is -0.121. The number of rotatable bonds is 5.